The number of aliphatic hydroxyl groups excluding tert-OH is 2. The van der Waals surface area contributed by atoms with Gasteiger partial charge in [0.2, 0.25) is 0 Å². The van der Waals surface area contributed by atoms with Gasteiger partial charge < -0.3 is 24.6 Å². The third-order valence-corrected chi connectivity index (χ3v) is 4.87. The summed E-state index contributed by atoms with van der Waals surface area (Å²) in [5, 5.41) is 20.0. The molecule has 7 nitrogen and oxygen atoms in total. The lowest BCUT2D eigenvalue weighted by atomic mass is 9.94. The van der Waals surface area contributed by atoms with E-state index in [4.69, 9.17) is 9.47 Å². The molecule has 1 amide bonds. The molecule has 0 saturated heterocycles. The fourth-order valence-corrected chi connectivity index (χ4v) is 3.45. The Balaban J connectivity index is 2.08. The van der Waals surface area contributed by atoms with Crippen molar-refractivity contribution >= 4 is 17.8 Å². The van der Waals surface area contributed by atoms with Crippen LogP contribution in [-0.4, -0.2) is 54.2 Å². The van der Waals surface area contributed by atoms with E-state index in [0.29, 0.717) is 17.1 Å². The quantitative estimate of drug-likeness (QED) is 0.651. The topological polar surface area (TPSA) is 96.3 Å². The third-order valence-electron chi connectivity index (χ3n) is 4.87. The predicted octanol–water partition coefficient (Wildman–Crippen LogP) is 2.67. The van der Waals surface area contributed by atoms with Gasteiger partial charge in [0.05, 0.1) is 32.4 Å². The molecule has 1 heterocycles. The Labute approximate surface area is 174 Å². The molecule has 0 saturated carbocycles. The molecule has 30 heavy (non-hydrogen) atoms. The second-order valence-electron chi connectivity index (χ2n) is 6.60. The van der Waals surface area contributed by atoms with Crippen LogP contribution in [0.2, 0.25) is 0 Å². The van der Waals surface area contributed by atoms with Gasteiger partial charge >= 0.3 is 0 Å². The second kappa shape index (κ2) is 9.28. The van der Waals surface area contributed by atoms with Crippen molar-refractivity contribution in [1.29, 1.82) is 0 Å². The standard InChI is InChI=1S/C23H23NO6/c1-29-16-9-11-19(30-2)17(14-16)21-20(22(27)23(28)24(21)12-13-25)18(26)10-8-15-6-4-3-5-7-15/h3-11,14,21,25,27H,12-13H2,1-2H3/b10-8+. The second-order valence-corrected chi connectivity index (χ2v) is 6.60. The summed E-state index contributed by atoms with van der Waals surface area (Å²) >= 11 is 0. The molecule has 1 aliphatic rings. The summed E-state index contributed by atoms with van der Waals surface area (Å²) in [6.07, 6.45) is 2.93. The minimum atomic E-state index is -0.928. The SMILES string of the molecule is COc1ccc(OC)c(C2C(C(=O)/C=C/c3ccccc3)=C(O)C(=O)N2CCO)c1. The van der Waals surface area contributed by atoms with E-state index < -0.39 is 23.5 Å². The van der Waals surface area contributed by atoms with Gasteiger partial charge in [-0.15, -0.1) is 0 Å². The summed E-state index contributed by atoms with van der Waals surface area (Å²) < 4.78 is 10.7. The van der Waals surface area contributed by atoms with Crippen molar-refractivity contribution in [2.75, 3.05) is 27.4 Å². The number of carbonyl (C=O) groups excluding carboxylic acids is 2. The van der Waals surface area contributed by atoms with E-state index in [9.17, 15) is 19.8 Å². The van der Waals surface area contributed by atoms with Crippen LogP contribution in [0, 0.1) is 0 Å². The van der Waals surface area contributed by atoms with Crippen LogP contribution in [-0.2, 0) is 9.59 Å². The molecule has 0 aromatic heterocycles. The number of hydrogen-bond acceptors (Lipinski definition) is 6. The maximum atomic E-state index is 13.0. The van der Waals surface area contributed by atoms with Crippen LogP contribution in [0.25, 0.3) is 6.08 Å². The molecule has 1 atom stereocenters. The van der Waals surface area contributed by atoms with Crippen molar-refractivity contribution in [3.8, 4) is 11.5 Å². The van der Waals surface area contributed by atoms with Gasteiger partial charge in [-0.2, -0.15) is 0 Å². The molecule has 156 valence electrons. The largest absolute Gasteiger partial charge is 0.503 e. The lowest BCUT2D eigenvalue weighted by molar-refractivity contribution is -0.129. The zero-order chi connectivity index (χ0) is 21.7. The van der Waals surface area contributed by atoms with E-state index in [1.807, 2.05) is 30.3 Å². The summed E-state index contributed by atoms with van der Waals surface area (Å²) in [5.74, 6) is -0.958. The van der Waals surface area contributed by atoms with Gasteiger partial charge in [0.25, 0.3) is 5.91 Å². The van der Waals surface area contributed by atoms with Crippen molar-refractivity contribution in [3.63, 3.8) is 0 Å². The van der Waals surface area contributed by atoms with Crippen molar-refractivity contribution in [2.45, 2.75) is 6.04 Å². The fraction of sp³-hybridized carbons (Fsp3) is 0.217. The number of ketones is 1. The molecule has 2 aromatic rings. The van der Waals surface area contributed by atoms with E-state index in [-0.39, 0.29) is 18.7 Å². The molecule has 2 aromatic carbocycles. The van der Waals surface area contributed by atoms with E-state index >= 15 is 0 Å². The molecule has 1 aliphatic heterocycles. The zero-order valence-corrected chi connectivity index (χ0v) is 16.7. The number of hydrogen-bond donors (Lipinski definition) is 2. The molecule has 0 radical (unpaired) electrons. The summed E-state index contributed by atoms with van der Waals surface area (Å²) in [6, 6.07) is 13.3. The molecule has 7 heteroatoms. The Bertz CT molecular complexity index is 996. The summed E-state index contributed by atoms with van der Waals surface area (Å²) in [5.41, 5.74) is 1.20. The molecular weight excluding hydrogens is 386 g/mol. The van der Waals surface area contributed by atoms with Gasteiger partial charge in [-0.3, -0.25) is 9.59 Å². The number of rotatable bonds is 8. The Kier molecular flexibility index (Phi) is 6.54. The number of methoxy groups -OCH3 is 2. The summed E-state index contributed by atoms with van der Waals surface area (Å²) in [4.78, 5) is 27.0. The van der Waals surface area contributed by atoms with Crippen molar-refractivity contribution < 1.29 is 29.3 Å². The third kappa shape index (κ3) is 4.06. The Hall–Kier alpha value is -3.58. The first-order valence-corrected chi connectivity index (χ1v) is 9.36. The van der Waals surface area contributed by atoms with Gasteiger partial charge in [-0.05, 0) is 29.8 Å². The van der Waals surface area contributed by atoms with Crippen LogP contribution in [0.15, 0.2) is 65.9 Å². The average molecular weight is 409 g/mol. The predicted molar refractivity (Wildman–Crippen MR) is 111 cm³/mol. The number of ether oxygens (including phenoxy) is 2. The molecular formula is C23H23NO6. The number of nitrogens with zero attached hydrogens (tertiary/aromatic N) is 1. The Morgan fingerprint density at radius 3 is 2.50 bits per heavy atom. The van der Waals surface area contributed by atoms with Crippen molar-refractivity contribution in [1.82, 2.24) is 4.90 Å². The monoisotopic (exact) mass is 409 g/mol. The van der Waals surface area contributed by atoms with E-state index in [1.165, 1.54) is 25.2 Å². The fourth-order valence-electron chi connectivity index (χ4n) is 3.45. The van der Waals surface area contributed by atoms with E-state index in [2.05, 4.69) is 0 Å². The minimum absolute atomic E-state index is 0.0624. The highest BCUT2D eigenvalue weighted by Crippen LogP contribution is 2.42. The molecule has 3 rings (SSSR count). The lowest BCUT2D eigenvalue weighted by Gasteiger charge is -2.27. The first kappa shape index (κ1) is 21.1. The van der Waals surface area contributed by atoms with Crippen LogP contribution < -0.4 is 9.47 Å². The van der Waals surface area contributed by atoms with Crippen molar-refractivity contribution in [3.05, 3.63) is 77.1 Å². The number of aliphatic hydroxyl groups is 2. The maximum Gasteiger partial charge on any atom is 0.290 e. The summed E-state index contributed by atoms with van der Waals surface area (Å²) in [7, 11) is 2.97. The van der Waals surface area contributed by atoms with E-state index in [0.717, 1.165) is 5.56 Å². The molecule has 1 unspecified atom stereocenters. The number of amides is 1. The highest BCUT2D eigenvalue weighted by Gasteiger charge is 2.43. The maximum absolute atomic E-state index is 13.0. The summed E-state index contributed by atoms with van der Waals surface area (Å²) in [6.45, 7) is -0.393. The van der Waals surface area contributed by atoms with Crippen LogP contribution in [0.1, 0.15) is 17.2 Å². The molecule has 0 bridgehead atoms. The first-order chi connectivity index (χ1) is 14.5. The molecule has 0 spiro atoms. The normalized spacial score (nSPS) is 16.4. The van der Waals surface area contributed by atoms with Gasteiger partial charge in [0, 0.05) is 12.1 Å². The first-order valence-electron chi connectivity index (χ1n) is 9.36. The average Bonchev–Trinajstić information content (AvgIpc) is 3.03. The van der Waals surface area contributed by atoms with Crippen LogP contribution >= 0.6 is 0 Å². The highest BCUT2D eigenvalue weighted by atomic mass is 16.5. The number of allylic oxidation sites excluding steroid dienone is 1. The Morgan fingerprint density at radius 1 is 1.13 bits per heavy atom. The molecule has 0 fully saturated rings. The lowest BCUT2D eigenvalue weighted by Crippen LogP contribution is -2.33. The van der Waals surface area contributed by atoms with Gasteiger partial charge in [-0.1, -0.05) is 36.4 Å². The number of carbonyl (C=O) groups is 2. The van der Waals surface area contributed by atoms with Crippen molar-refractivity contribution in [2.24, 2.45) is 0 Å². The van der Waals surface area contributed by atoms with Gasteiger partial charge in [0.1, 0.15) is 11.5 Å². The van der Waals surface area contributed by atoms with Gasteiger partial charge in [-0.25, -0.2) is 0 Å². The highest BCUT2D eigenvalue weighted by molar-refractivity contribution is 6.14. The van der Waals surface area contributed by atoms with Crippen LogP contribution in [0.5, 0.6) is 11.5 Å². The number of benzene rings is 2. The van der Waals surface area contributed by atoms with Crippen LogP contribution in [0.4, 0.5) is 0 Å². The van der Waals surface area contributed by atoms with E-state index in [1.54, 1.807) is 24.3 Å². The molecule has 0 aliphatic carbocycles. The zero-order valence-electron chi connectivity index (χ0n) is 16.7. The molecule has 2 N–H and O–H groups in total. The van der Waals surface area contributed by atoms with Crippen LogP contribution in [0.3, 0.4) is 0 Å². The minimum Gasteiger partial charge on any atom is -0.503 e. The van der Waals surface area contributed by atoms with Gasteiger partial charge in [0.15, 0.2) is 11.5 Å². The smallest absolute Gasteiger partial charge is 0.290 e. The Morgan fingerprint density at radius 2 is 1.87 bits per heavy atom. The number of β-amino-alcohol motifs (C(OH)–C–C–N with tert-alkyl or cyclic N) is 1.